The molecule has 1 amide bonds. The van der Waals surface area contributed by atoms with Crippen molar-refractivity contribution in [3.63, 3.8) is 0 Å². The number of aryl methyl sites for hydroxylation is 1. The third-order valence-corrected chi connectivity index (χ3v) is 6.10. The molecule has 24 heavy (non-hydrogen) atoms. The molecular weight excluding hydrogens is 330 g/mol. The highest BCUT2D eigenvalue weighted by molar-refractivity contribution is 7.89. The van der Waals surface area contributed by atoms with E-state index in [4.69, 9.17) is 0 Å². The molecule has 1 saturated heterocycles. The van der Waals surface area contributed by atoms with Crippen LogP contribution >= 0.6 is 0 Å². The van der Waals surface area contributed by atoms with E-state index < -0.39 is 15.9 Å². The first-order chi connectivity index (χ1) is 11.5. The molecular formula is C16H19N3O4S. The van der Waals surface area contributed by atoms with E-state index in [9.17, 15) is 13.2 Å². The van der Waals surface area contributed by atoms with Gasteiger partial charge >= 0.3 is 0 Å². The minimum Gasteiger partial charge on any atom is -0.363 e. The van der Waals surface area contributed by atoms with Crippen LogP contribution in [0.5, 0.6) is 0 Å². The molecule has 1 aliphatic rings. The number of piperidine rings is 1. The lowest BCUT2D eigenvalue weighted by molar-refractivity contribution is 0.102. The molecule has 0 unspecified atom stereocenters. The number of carbonyl (C=O) groups is 1. The van der Waals surface area contributed by atoms with Crippen molar-refractivity contribution >= 4 is 21.7 Å². The van der Waals surface area contributed by atoms with Gasteiger partial charge in [0.1, 0.15) is 6.26 Å². The first-order valence-electron chi connectivity index (χ1n) is 7.81. The van der Waals surface area contributed by atoms with E-state index in [0.717, 1.165) is 19.3 Å². The molecule has 1 fully saturated rings. The first-order valence-corrected chi connectivity index (χ1v) is 9.25. The van der Waals surface area contributed by atoms with Crippen LogP contribution in [0.3, 0.4) is 0 Å². The number of sulfonamides is 1. The molecule has 128 valence electrons. The minimum atomic E-state index is -3.59. The lowest BCUT2D eigenvalue weighted by Crippen LogP contribution is -2.36. The zero-order valence-corrected chi connectivity index (χ0v) is 14.2. The van der Waals surface area contributed by atoms with E-state index in [-0.39, 0.29) is 16.3 Å². The van der Waals surface area contributed by atoms with Gasteiger partial charge in [-0.15, -0.1) is 0 Å². The summed E-state index contributed by atoms with van der Waals surface area (Å²) in [6.45, 7) is 2.78. The highest BCUT2D eigenvalue weighted by Gasteiger charge is 2.28. The average Bonchev–Trinajstić information content (AvgIpc) is 3.09. The maximum absolute atomic E-state index is 12.9. The largest absolute Gasteiger partial charge is 0.363 e. The van der Waals surface area contributed by atoms with Gasteiger partial charge in [0.05, 0.1) is 4.90 Å². The number of amides is 1. The van der Waals surface area contributed by atoms with Crippen LogP contribution in [0.25, 0.3) is 0 Å². The van der Waals surface area contributed by atoms with Crippen molar-refractivity contribution in [3.8, 4) is 0 Å². The van der Waals surface area contributed by atoms with Crippen LogP contribution in [-0.4, -0.2) is 36.9 Å². The third kappa shape index (κ3) is 3.34. The number of benzene rings is 1. The van der Waals surface area contributed by atoms with Gasteiger partial charge in [-0.25, -0.2) is 8.42 Å². The second-order valence-corrected chi connectivity index (χ2v) is 7.69. The minimum absolute atomic E-state index is 0.178. The molecule has 0 aliphatic carbocycles. The average molecular weight is 349 g/mol. The van der Waals surface area contributed by atoms with E-state index in [1.54, 1.807) is 19.1 Å². The topological polar surface area (TPSA) is 92.5 Å². The van der Waals surface area contributed by atoms with E-state index in [1.807, 2.05) is 0 Å². The Morgan fingerprint density at radius 1 is 1.21 bits per heavy atom. The summed E-state index contributed by atoms with van der Waals surface area (Å²) in [5, 5.41) is 6.17. The number of hydrogen-bond acceptors (Lipinski definition) is 5. The zero-order valence-electron chi connectivity index (χ0n) is 13.4. The van der Waals surface area contributed by atoms with Crippen molar-refractivity contribution < 1.29 is 17.7 Å². The Morgan fingerprint density at radius 2 is 1.96 bits per heavy atom. The number of nitrogens with zero attached hydrogens (tertiary/aromatic N) is 2. The second-order valence-electron chi connectivity index (χ2n) is 5.78. The predicted molar refractivity (Wildman–Crippen MR) is 88.2 cm³/mol. The highest BCUT2D eigenvalue weighted by atomic mass is 32.2. The molecule has 0 radical (unpaired) electrons. The van der Waals surface area contributed by atoms with Crippen molar-refractivity contribution in [2.75, 3.05) is 18.4 Å². The maximum atomic E-state index is 12.9. The van der Waals surface area contributed by atoms with Gasteiger partial charge in [0.2, 0.25) is 10.0 Å². The molecule has 1 aliphatic heterocycles. The quantitative estimate of drug-likeness (QED) is 0.915. The smallest absolute Gasteiger partial charge is 0.256 e. The summed E-state index contributed by atoms with van der Waals surface area (Å²) in [5.74, 6) is -0.153. The molecule has 7 nitrogen and oxygen atoms in total. The van der Waals surface area contributed by atoms with Gasteiger partial charge in [0.15, 0.2) is 5.82 Å². The Balaban J connectivity index is 1.89. The van der Waals surface area contributed by atoms with Gasteiger partial charge < -0.3 is 9.84 Å². The van der Waals surface area contributed by atoms with Crippen molar-refractivity contribution in [3.05, 3.63) is 41.7 Å². The van der Waals surface area contributed by atoms with E-state index in [0.29, 0.717) is 18.7 Å². The van der Waals surface area contributed by atoms with Crippen LogP contribution in [0, 0.1) is 6.92 Å². The van der Waals surface area contributed by atoms with E-state index in [2.05, 4.69) is 15.0 Å². The number of nitrogens with one attached hydrogen (secondary N) is 1. The van der Waals surface area contributed by atoms with Crippen molar-refractivity contribution in [1.82, 2.24) is 9.46 Å². The van der Waals surface area contributed by atoms with Gasteiger partial charge in [-0.3, -0.25) is 4.79 Å². The Labute approximate surface area is 140 Å². The lowest BCUT2D eigenvalue weighted by Gasteiger charge is -2.26. The maximum Gasteiger partial charge on any atom is 0.256 e. The van der Waals surface area contributed by atoms with Crippen LogP contribution in [0.4, 0.5) is 5.82 Å². The van der Waals surface area contributed by atoms with Gasteiger partial charge in [-0.1, -0.05) is 17.6 Å². The normalized spacial score (nSPS) is 16.0. The van der Waals surface area contributed by atoms with E-state index in [1.165, 1.54) is 22.7 Å². The van der Waals surface area contributed by atoms with E-state index >= 15 is 0 Å². The third-order valence-electron chi connectivity index (χ3n) is 4.06. The van der Waals surface area contributed by atoms with Crippen LogP contribution in [-0.2, 0) is 10.0 Å². The van der Waals surface area contributed by atoms with Gasteiger partial charge in [0, 0.05) is 24.7 Å². The Kier molecular flexibility index (Phi) is 4.68. The fourth-order valence-corrected chi connectivity index (χ4v) is 4.50. The fourth-order valence-electron chi connectivity index (χ4n) is 2.73. The summed E-state index contributed by atoms with van der Waals surface area (Å²) in [6.07, 6.45) is 4.12. The monoisotopic (exact) mass is 349 g/mol. The van der Waals surface area contributed by atoms with Crippen molar-refractivity contribution in [2.24, 2.45) is 0 Å². The van der Waals surface area contributed by atoms with Gasteiger partial charge in [-0.2, -0.15) is 4.31 Å². The number of aromatic nitrogens is 1. The summed E-state index contributed by atoms with van der Waals surface area (Å²) < 4.78 is 31.9. The SMILES string of the molecule is Cc1ccc(C(=O)Nc2ccon2)cc1S(=O)(=O)N1CCCCC1. The van der Waals surface area contributed by atoms with Crippen LogP contribution in [0.15, 0.2) is 39.9 Å². The van der Waals surface area contributed by atoms with Crippen molar-refractivity contribution in [2.45, 2.75) is 31.1 Å². The zero-order chi connectivity index (χ0) is 17.2. The summed E-state index contributed by atoms with van der Waals surface area (Å²) in [6, 6.07) is 6.18. The molecule has 0 bridgehead atoms. The van der Waals surface area contributed by atoms with Crippen LogP contribution in [0.1, 0.15) is 35.2 Å². The lowest BCUT2D eigenvalue weighted by atomic mass is 10.1. The summed E-state index contributed by atoms with van der Waals surface area (Å²) >= 11 is 0. The summed E-state index contributed by atoms with van der Waals surface area (Å²) in [4.78, 5) is 12.5. The summed E-state index contributed by atoms with van der Waals surface area (Å²) in [7, 11) is -3.59. The Hall–Kier alpha value is -2.19. The fraction of sp³-hybridized carbons (Fsp3) is 0.375. The molecule has 0 spiro atoms. The van der Waals surface area contributed by atoms with Gasteiger partial charge in [0.25, 0.3) is 5.91 Å². The second kappa shape index (κ2) is 6.74. The molecule has 0 saturated carbocycles. The highest BCUT2D eigenvalue weighted by Crippen LogP contribution is 2.24. The number of anilines is 1. The number of hydrogen-bond donors (Lipinski definition) is 1. The van der Waals surface area contributed by atoms with Gasteiger partial charge in [-0.05, 0) is 37.5 Å². The number of carbonyl (C=O) groups excluding carboxylic acids is 1. The molecule has 3 rings (SSSR count). The summed E-state index contributed by atoms with van der Waals surface area (Å²) in [5.41, 5.74) is 0.887. The predicted octanol–water partition coefficient (Wildman–Crippen LogP) is 2.41. The Bertz CT molecular complexity index is 825. The van der Waals surface area contributed by atoms with Crippen molar-refractivity contribution in [1.29, 1.82) is 0 Å². The molecule has 0 atom stereocenters. The molecule has 2 heterocycles. The molecule has 8 heteroatoms. The first kappa shape index (κ1) is 16.7. The standard InChI is InChI=1S/C16H19N3O4S/c1-12-5-6-13(16(20)17-15-7-10-23-18-15)11-14(12)24(21,22)19-8-3-2-4-9-19/h5-7,10-11H,2-4,8-9H2,1H3,(H,17,18,20). The molecule has 1 aromatic carbocycles. The van der Waals surface area contributed by atoms with Crippen LogP contribution in [0.2, 0.25) is 0 Å². The molecule has 1 aromatic heterocycles. The van der Waals surface area contributed by atoms with Crippen LogP contribution < -0.4 is 5.32 Å². The molecule has 1 N–H and O–H groups in total. The number of rotatable bonds is 4. The molecule has 2 aromatic rings. The Morgan fingerprint density at radius 3 is 2.62 bits per heavy atom.